The number of hydrogen-bond acceptors (Lipinski definition) is 2. The first-order valence-electron chi connectivity index (χ1n) is 5.65. The molecule has 2 rings (SSSR count). The second-order valence-corrected chi connectivity index (χ2v) is 4.39. The van der Waals surface area contributed by atoms with Crippen LogP contribution in [-0.2, 0) is 12.4 Å². The highest BCUT2D eigenvalue weighted by atomic mass is 35.5. The Morgan fingerprint density at radius 1 is 1.33 bits per heavy atom. The maximum atomic E-state index is 13.1. The van der Waals surface area contributed by atoms with Crippen LogP contribution >= 0.6 is 11.6 Å². The van der Waals surface area contributed by atoms with Crippen molar-refractivity contribution < 1.29 is 4.39 Å². The smallest absolute Gasteiger partial charge is 0.123 e. The summed E-state index contributed by atoms with van der Waals surface area (Å²) in [5, 5.41) is 0. The van der Waals surface area contributed by atoms with Gasteiger partial charge < -0.3 is 4.90 Å². The lowest BCUT2D eigenvalue weighted by Gasteiger charge is -2.21. The summed E-state index contributed by atoms with van der Waals surface area (Å²) >= 11 is 5.89. The maximum absolute atomic E-state index is 13.1. The second-order valence-electron chi connectivity index (χ2n) is 4.12. The van der Waals surface area contributed by atoms with E-state index in [2.05, 4.69) is 4.98 Å². The number of hydrogen-bond donors (Lipinski definition) is 0. The summed E-state index contributed by atoms with van der Waals surface area (Å²) in [6, 6.07) is 8.48. The average Bonchev–Trinajstić information content (AvgIpc) is 2.38. The Hall–Kier alpha value is -1.61. The van der Waals surface area contributed by atoms with Crippen molar-refractivity contribution in [1.29, 1.82) is 0 Å². The largest absolute Gasteiger partial charge is 0.369 e. The van der Waals surface area contributed by atoms with E-state index >= 15 is 0 Å². The van der Waals surface area contributed by atoms with Crippen LogP contribution in [0.1, 0.15) is 11.1 Å². The Balaban J connectivity index is 2.19. The third kappa shape index (κ3) is 2.99. The molecule has 1 aromatic carbocycles. The predicted molar refractivity (Wildman–Crippen MR) is 72.3 cm³/mol. The van der Waals surface area contributed by atoms with Crippen LogP contribution in [-0.4, -0.2) is 12.0 Å². The van der Waals surface area contributed by atoms with Gasteiger partial charge in [0.1, 0.15) is 5.82 Å². The summed E-state index contributed by atoms with van der Waals surface area (Å²) in [4.78, 5) is 6.11. The fourth-order valence-corrected chi connectivity index (χ4v) is 2.09. The lowest BCUT2D eigenvalue weighted by atomic mass is 10.2. The molecule has 0 aliphatic rings. The van der Waals surface area contributed by atoms with Crippen LogP contribution in [0.25, 0.3) is 0 Å². The first kappa shape index (κ1) is 12.8. The van der Waals surface area contributed by atoms with Gasteiger partial charge >= 0.3 is 0 Å². The van der Waals surface area contributed by atoms with E-state index in [1.165, 1.54) is 12.1 Å². The van der Waals surface area contributed by atoms with Crippen LogP contribution in [0.3, 0.4) is 0 Å². The van der Waals surface area contributed by atoms with Crippen molar-refractivity contribution in [2.75, 3.05) is 11.9 Å². The molecule has 0 radical (unpaired) electrons. The number of alkyl halides is 1. The van der Waals surface area contributed by atoms with Gasteiger partial charge in [0.15, 0.2) is 0 Å². The zero-order chi connectivity index (χ0) is 13.0. The summed E-state index contributed by atoms with van der Waals surface area (Å²) in [6.07, 6.45) is 3.49. The van der Waals surface area contributed by atoms with Gasteiger partial charge in [0.2, 0.25) is 0 Å². The number of anilines is 1. The fourth-order valence-electron chi connectivity index (χ4n) is 1.87. The van der Waals surface area contributed by atoms with Crippen molar-refractivity contribution in [1.82, 2.24) is 4.98 Å². The van der Waals surface area contributed by atoms with Crippen LogP contribution in [0.2, 0.25) is 0 Å². The lowest BCUT2D eigenvalue weighted by molar-refractivity contribution is 0.625. The zero-order valence-electron chi connectivity index (χ0n) is 10.1. The Labute approximate surface area is 111 Å². The molecule has 2 nitrogen and oxygen atoms in total. The monoisotopic (exact) mass is 264 g/mol. The van der Waals surface area contributed by atoms with Crippen LogP contribution in [0.5, 0.6) is 0 Å². The quantitative estimate of drug-likeness (QED) is 0.785. The van der Waals surface area contributed by atoms with E-state index < -0.39 is 0 Å². The lowest BCUT2D eigenvalue weighted by Crippen LogP contribution is -2.18. The Morgan fingerprint density at radius 2 is 2.17 bits per heavy atom. The average molecular weight is 265 g/mol. The molecule has 0 bridgehead atoms. The molecule has 0 fully saturated rings. The molecule has 0 aliphatic heterocycles. The number of halogens is 2. The molecule has 0 aliphatic carbocycles. The molecule has 18 heavy (non-hydrogen) atoms. The number of aromatic nitrogens is 1. The molecule has 1 aromatic heterocycles. The molecule has 0 N–H and O–H groups in total. The first-order valence-corrected chi connectivity index (χ1v) is 6.18. The van der Waals surface area contributed by atoms with E-state index in [1.807, 2.05) is 24.1 Å². The third-order valence-corrected chi connectivity index (χ3v) is 3.04. The van der Waals surface area contributed by atoms with E-state index in [1.54, 1.807) is 18.5 Å². The molecule has 0 saturated heterocycles. The van der Waals surface area contributed by atoms with Gasteiger partial charge in [0.05, 0.1) is 11.9 Å². The van der Waals surface area contributed by atoms with Gasteiger partial charge in [-0.05, 0) is 29.3 Å². The summed E-state index contributed by atoms with van der Waals surface area (Å²) in [5.41, 5.74) is 2.91. The molecule has 0 spiro atoms. The molecule has 0 amide bonds. The van der Waals surface area contributed by atoms with Crippen molar-refractivity contribution in [3.63, 3.8) is 0 Å². The molecule has 1 heterocycles. The molecule has 2 aromatic rings. The van der Waals surface area contributed by atoms with E-state index in [9.17, 15) is 4.39 Å². The van der Waals surface area contributed by atoms with Crippen molar-refractivity contribution in [3.8, 4) is 0 Å². The number of benzene rings is 1. The van der Waals surface area contributed by atoms with Gasteiger partial charge in [-0.15, -0.1) is 11.6 Å². The number of rotatable bonds is 4. The zero-order valence-corrected chi connectivity index (χ0v) is 10.9. The number of pyridine rings is 1. The van der Waals surface area contributed by atoms with E-state index in [0.717, 1.165) is 16.8 Å². The van der Waals surface area contributed by atoms with Crippen LogP contribution in [0, 0.1) is 5.82 Å². The van der Waals surface area contributed by atoms with Crippen molar-refractivity contribution in [3.05, 3.63) is 59.7 Å². The molecular formula is C14H14ClFN2. The SMILES string of the molecule is CN(Cc1cccc(F)c1)c1cnccc1CCl. The van der Waals surface area contributed by atoms with Gasteiger partial charge in [0, 0.05) is 25.7 Å². The summed E-state index contributed by atoms with van der Waals surface area (Å²) in [6.45, 7) is 0.618. The van der Waals surface area contributed by atoms with Gasteiger partial charge in [-0.1, -0.05) is 12.1 Å². The summed E-state index contributed by atoms with van der Waals surface area (Å²) in [7, 11) is 1.94. The van der Waals surface area contributed by atoms with Crippen LogP contribution in [0.4, 0.5) is 10.1 Å². The minimum Gasteiger partial charge on any atom is -0.369 e. The van der Waals surface area contributed by atoms with Gasteiger partial charge in [0.25, 0.3) is 0 Å². The highest BCUT2D eigenvalue weighted by Gasteiger charge is 2.07. The fraction of sp³-hybridized carbons (Fsp3) is 0.214. The molecule has 0 saturated carbocycles. The van der Waals surface area contributed by atoms with Gasteiger partial charge in [-0.2, -0.15) is 0 Å². The first-order chi connectivity index (χ1) is 8.70. The highest BCUT2D eigenvalue weighted by molar-refractivity contribution is 6.17. The molecular weight excluding hydrogens is 251 g/mol. The Morgan fingerprint density at radius 3 is 2.89 bits per heavy atom. The third-order valence-electron chi connectivity index (χ3n) is 2.75. The normalized spacial score (nSPS) is 10.4. The van der Waals surface area contributed by atoms with Crippen LogP contribution in [0.15, 0.2) is 42.7 Å². The second kappa shape index (κ2) is 5.83. The standard InChI is InChI=1S/C14H14ClFN2/c1-18(10-11-3-2-4-13(16)7-11)14-9-17-6-5-12(14)8-15/h2-7,9H,8,10H2,1H3. The number of nitrogens with zero attached hydrogens (tertiary/aromatic N) is 2. The van der Waals surface area contributed by atoms with Gasteiger partial charge in [-0.25, -0.2) is 4.39 Å². The predicted octanol–water partition coefficient (Wildman–Crippen LogP) is 3.60. The van der Waals surface area contributed by atoms with E-state index in [4.69, 9.17) is 11.6 Å². The highest BCUT2D eigenvalue weighted by Crippen LogP contribution is 2.21. The van der Waals surface area contributed by atoms with Crippen molar-refractivity contribution >= 4 is 17.3 Å². The summed E-state index contributed by atoms with van der Waals surface area (Å²) < 4.78 is 13.1. The topological polar surface area (TPSA) is 16.1 Å². The molecule has 0 atom stereocenters. The Kier molecular flexibility index (Phi) is 4.15. The summed E-state index contributed by atoms with van der Waals surface area (Å²) in [5.74, 6) is 0.218. The van der Waals surface area contributed by atoms with Crippen molar-refractivity contribution in [2.24, 2.45) is 0 Å². The Bertz CT molecular complexity index is 531. The van der Waals surface area contributed by atoms with Crippen molar-refractivity contribution in [2.45, 2.75) is 12.4 Å². The van der Waals surface area contributed by atoms with Gasteiger partial charge in [-0.3, -0.25) is 4.98 Å². The van der Waals surface area contributed by atoms with E-state index in [-0.39, 0.29) is 5.82 Å². The molecule has 0 unspecified atom stereocenters. The minimum atomic E-state index is -0.218. The minimum absolute atomic E-state index is 0.218. The van der Waals surface area contributed by atoms with E-state index in [0.29, 0.717) is 12.4 Å². The molecule has 94 valence electrons. The maximum Gasteiger partial charge on any atom is 0.123 e. The van der Waals surface area contributed by atoms with Crippen LogP contribution < -0.4 is 4.90 Å². The molecule has 4 heteroatoms.